The van der Waals surface area contributed by atoms with E-state index < -0.39 is 30.1 Å². The van der Waals surface area contributed by atoms with Crippen molar-refractivity contribution < 1.29 is 27.8 Å². The molecular weight excluding hydrogens is 427 g/mol. The second kappa shape index (κ2) is 10.3. The number of morpholine rings is 1. The van der Waals surface area contributed by atoms with Crippen LogP contribution < -0.4 is 10.6 Å². The van der Waals surface area contributed by atoms with E-state index in [0.717, 1.165) is 35.3 Å². The molecule has 0 spiro atoms. The first-order valence-corrected chi connectivity index (χ1v) is 10.4. The van der Waals surface area contributed by atoms with Crippen molar-refractivity contribution in [3.63, 3.8) is 0 Å². The smallest absolute Gasteiger partial charge is 0.379 e. The van der Waals surface area contributed by atoms with Gasteiger partial charge in [0.25, 0.3) is 0 Å². The lowest BCUT2D eigenvalue weighted by Crippen LogP contribution is -2.47. The van der Waals surface area contributed by atoms with Crippen molar-refractivity contribution in [2.24, 2.45) is 7.05 Å². The molecule has 2 aromatic rings. The minimum absolute atomic E-state index is 0.228. The zero-order valence-electron chi connectivity index (χ0n) is 17.9. The van der Waals surface area contributed by atoms with Crippen LogP contribution >= 0.6 is 0 Å². The Bertz CT molecular complexity index is 899. The van der Waals surface area contributed by atoms with Gasteiger partial charge in [-0.2, -0.15) is 13.2 Å². The van der Waals surface area contributed by atoms with E-state index >= 15 is 0 Å². The van der Waals surface area contributed by atoms with Crippen LogP contribution in [0.2, 0.25) is 0 Å². The average Bonchev–Trinajstić information content (AvgIpc) is 3.19. The van der Waals surface area contributed by atoms with Gasteiger partial charge in [0.1, 0.15) is 5.82 Å². The van der Waals surface area contributed by atoms with Crippen LogP contribution in [0.3, 0.4) is 0 Å². The van der Waals surface area contributed by atoms with Crippen LogP contribution in [0.1, 0.15) is 23.4 Å². The SMILES string of the molecule is Cn1ccnc1C(O)(CCNC(=O)NCc1cccc(CN2CCOCC2)c1)C(F)(F)F. The van der Waals surface area contributed by atoms with E-state index in [0.29, 0.717) is 13.2 Å². The number of aromatic nitrogens is 2. The fraction of sp³-hybridized carbons (Fsp3) is 0.524. The zero-order valence-corrected chi connectivity index (χ0v) is 17.9. The fourth-order valence-electron chi connectivity index (χ4n) is 3.60. The lowest BCUT2D eigenvalue weighted by molar-refractivity contribution is -0.272. The van der Waals surface area contributed by atoms with E-state index in [1.807, 2.05) is 24.3 Å². The number of aryl methyl sites for hydroxylation is 1. The summed E-state index contributed by atoms with van der Waals surface area (Å²) in [7, 11) is 1.37. The molecule has 1 unspecified atom stereocenters. The minimum Gasteiger partial charge on any atom is -0.379 e. The molecule has 8 nitrogen and oxygen atoms in total. The molecule has 3 rings (SSSR count). The Hall–Kier alpha value is -2.63. The van der Waals surface area contributed by atoms with E-state index in [9.17, 15) is 23.1 Å². The summed E-state index contributed by atoms with van der Waals surface area (Å²) in [6.45, 7) is 3.79. The number of carbonyl (C=O) groups excluding carboxylic acids is 1. The van der Waals surface area contributed by atoms with Crippen LogP contribution in [0.25, 0.3) is 0 Å². The molecule has 32 heavy (non-hydrogen) atoms. The summed E-state index contributed by atoms with van der Waals surface area (Å²) in [4.78, 5) is 18.0. The third-order valence-electron chi connectivity index (χ3n) is 5.39. The van der Waals surface area contributed by atoms with Crippen LogP contribution in [0.5, 0.6) is 0 Å². The van der Waals surface area contributed by atoms with Crippen LogP contribution in [-0.4, -0.2) is 64.6 Å². The lowest BCUT2D eigenvalue weighted by atomic mass is 9.97. The summed E-state index contributed by atoms with van der Waals surface area (Å²) >= 11 is 0. The number of ether oxygens (including phenoxy) is 1. The number of rotatable bonds is 8. The number of imidazole rings is 1. The number of benzene rings is 1. The maximum Gasteiger partial charge on any atom is 0.424 e. The number of carbonyl (C=O) groups is 1. The number of nitrogens with one attached hydrogen (secondary N) is 2. The Morgan fingerprint density at radius 3 is 2.59 bits per heavy atom. The molecule has 1 aliphatic rings. The highest BCUT2D eigenvalue weighted by atomic mass is 19.4. The second-order valence-electron chi connectivity index (χ2n) is 7.79. The molecular formula is C21H28F3N5O3. The first kappa shape index (κ1) is 24.0. The Kier molecular flexibility index (Phi) is 7.75. The van der Waals surface area contributed by atoms with Crippen LogP contribution in [0, 0.1) is 0 Å². The van der Waals surface area contributed by atoms with Gasteiger partial charge >= 0.3 is 12.2 Å². The number of hydrogen-bond donors (Lipinski definition) is 3. The maximum atomic E-state index is 13.5. The molecule has 2 amide bonds. The molecule has 0 radical (unpaired) electrons. The maximum absolute atomic E-state index is 13.5. The molecule has 1 saturated heterocycles. The van der Waals surface area contributed by atoms with Crippen molar-refractivity contribution in [1.82, 2.24) is 25.1 Å². The van der Waals surface area contributed by atoms with E-state index in [-0.39, 0.29) is 13.1 Å². The van der Waals surface area contributed by atoms with Crippen LogP contribution in [-0.2, 0) is 30.5 Å². The summed E-state index contributed by atoms with van der Waals surface area (Å²) in [5, 5.41) is 15.3. The fourth-order valence-corrected chi connectivity index (χ4v) is 3.60. The minimum atomic E-state index is -4.94. The number of alkyl halides is 3. The Labute approximate surface area is 184 Å². The number of nitrogens with zero attached hydrogens (tertiary/aromatic N) is 3. The van der Waals surface area contributed by atoms with Crippen molar-refractivity contribution in [3.05, 3.63) is 53.6 Å². The predicted molar refractivity (Wildman–Crippen MR) is 111 cm³/mol. The Morgan fingerprint density at radius 1 is 1.22 bits per heavy atom. The highest BCUT2D eigenvalue weighted by Crippen LogP contribution is 2.40. The van der Waals surface area contributed by atoms with Crippen molar-refractivity contribution in [1.29, 1.82) is 0 Å². The summed E-state index contributed by atoms with van der Waals surface area (Å²) in [6.07, 6.45) is -3.20. The monoisotopic (exact) mass is 455 g/mol. The largest absolute Gasteiger partial charge is 0.424 e. The standard InChI is InChI=1S/C21H28F3N5O3/c1-28-8-7-25-18(28)20(31,21(22,23)24)5-6-26-19(30)27-14-16-3-2-4-17(13-16)15-29-9-11-32-12-10-29/h2-4,7-8,13,31H,5-6,9-12,14-15H2,1H3,(H2,26,27,30). The Morgan fingerprint density at radius 2 is 1.94 bits per heavy atom. The summed E-state index contributed by atoms with van der Waals surface area (Å²) in [5.41, 5.74) is -1.17. The molecule has 0 saturated carbocycles. The molecule has 0 aliphatic carbocycles. The van der Waals surface area contributed by atoms with Crippen LogP contribution in [0.15, 0.2) is 36.7 Å². The molecule has 1 aliphatic heterocycles. The number of hydrogen-bond acceptors (Lipinski definition) is 5. The molecule has 3 N–H and O–H groups in total. The average molecular weight is 455 g/mol. The second-order valence-corrected chi connectivity index (χ2v) is 7.79. The zero-order chi connectivity index (χ0) is 23.2. The summed E-state index contributed by atoms with van der Waals surface area (Å²) in [5.74, 6) is -0.524. The topological polar surface area (TPSA) is 91.7 Å². The van der Waals surface area contributed by atoms with E-state index in [2.05, 4.69) is 20.5 Å². The quantitative estimate of drug-likeness (QED) is 0.566. The highest BCUT2D eigenvalue weighted by Gasteiger charge is 2.57. The van der Waals surface area contributed by atoms with Gasteiger partial charge in [-0.25, -0.2) is 9.78 Å². The van der Waals surface area contributed by atoms with Crippen molar-refractivity contribution in [2.75, 3.05) is 32.8 Å². The molecule has 2 heterocycles. The van der Waals surface area contributed by atoms with Crippen molar-refractivity contribution in [3.8, 4) is 0 Å². The van der Waals surface area contributed by atoms with Crippen molar-refractivity contribution >= 4 is 6.03 Å². The van der Waals surface area contributed by atoms with Crippen molar-refractivity contribution in [2.45, 2.75) is 31.3 Å². The van der Waals surface area contributed by atoms with Gasteiger partial charge in [-0.1, -0.05) is 24.3 Å². The first-order valence-electron chi connectivity index (χ1n) is 10.4. The van der Waals surface area contributed by atoms with Gasteiger partial charge in [0.05, 0.1) is 13.2 Å². The Balaban J connectivity index is 1.49. The number of aliphatic hydroxyl groups is 1. The van der Waals surface area contributed by atoms with E-state index in [1.54, 1.807) is 0 Å². The highest BCUT2D eigenvalue weighted by molar-refractivity contribution is 5.73. The molecule has 1 aromatic heterocycles. The number of amides is 2. The van der Waals surface area contributed by atoms with E-state index in [1.165, 1.54) is 19.4 Å². The number of halogens is 3. The molecule has 1 aromatic carbocycles. The summed E-state index contributed by atoms with van der Waals surface area (Å²) in [6, 6.07) is 7.15. The van der Waals surface area contributed by atoms with Gasteiger partial charge in [0.2, 0.25) is 5.60 Å². The summed E-state index contributed by atoms with van der Waals surface area (Å²) < 4.78 is 47.0. The number of urea groups is 1. The van der Waals surface area contributed by atoms with Gasteiger partial charge < -0.3 is 25.0 Å². The van der Waals surface area contributed by atoms with Gasteiger partial charge in [-0.05, 0) is 11.1 Å². The molecule has 0 bridgehead atoms. The first-order chi connectivity index (χ1) is 15.2. The van der Waals surface area contributed by atoms with Gasteiger partial charge in [-0.3, -0.25) is 4.90 Å². The lowest BCUT2D eigenvalue weighted by Gasteiger charge is -2.30. The molecule has 176 valence electrons. The van der Waals surface area contributed by atoms with Gasteiger partial charge in [-0.15, -0.1) is 0 Å². The molecule has 11 heteroatoms. The molecule has 1 fully saturated rings. The normalized spacial score (nSPS) is 17.0. The van der Waals surface area contributed by atoms with E-state index in [4.69, 9.17) is 4.74 Å². The van der Waals surface area contributed by atoms with Crippen LogP contribution in [0.4, 0.5) is 18.0 Å². The third-order valence-corrected chi connectivity index (χ3v) is 5.39. The van der Waals surface area contributed by atoms with Gasteiger partial charge in [0, 0.05) is 58.6 Å². The third kappa shape index (κ3) is 5.99. The van der Waals surface area contributed by atoms with Gasteiger partial charge in [0.15, 0.2) is 0 Å². The molecule has 1 atom stereocenters. The predicted octanol–water partition coefficient (Wildman–Crippen LogP) is 1.89.